The molecule has 0 saturated carbocycles. The summed E-state index contributed by atoms with van der Waals surface area (Å²) in [6, 6.07) is 17.2. The van der Waals surface area contributed by atoms with E-state index in [9.17, 15) is 9.18 Å². The molecule has 1 amide bonds. The highest BCUT2D eigenvalue weighted by atomic mass is 32.1. The van der Waals surface area contributed by atoms with Crippen molar-refractivity contribution in [3.05, 3.63) is 88.6 Å². The van der Waals surface area contributed by atoms with Gasteiger partial charge in [0.05, 0.1) is 0 Å². The van der Waals surface area contributed by atoms with E-state index in [1.807, 2.05) is 35.8 Å². The molecule has 7 nitrogen and oxygen atoms in total. The Bertz CT molecular complexity index is 1320. The van der Waals surface area contributed by atoms with Crippen molar-refractivity contribution < 1.29 is 13.9 Å². The summed E-state index contributed by atoms with van der Waals surface area (Å²) in [6.45, 7) is 2.74. The van der Waals surface area contributed by atoms with E-state index in [1.165, 1.54) is 24.3 Å². The summed E-state index contributed by atoms with van der Waals surface area (Å²) in [7, 11) is 0. The van der Waals surface area contributed by atoms with Gasteiger partial charge in [0.2, 0.25) is 11.8 Å². The van der Waals surface area contributed by atoms with Crippen molar-refractivity contribution in [1.29, 1.82) is 0 Å². The molecule has 0 aliphatic carbocycles. The molecule has 2 aromatic carbocycles. The molecule has 0 aliphatic rings. The molecule has 168 valence electrons. The third-order valence-electron chi connectivity index (χ3n) is 4.92. The molecular weight excluding hydrogens is 441 g/mol. The van der Waals surface area contributed by atoms with Gasteiger partial charge in [0.25, 0.3) is 0 Å². The normalized spacial score (nSPS) is 10.7. The Kier molecular flexibility index (Phi) is 6.89. The van der Waals surface area contributed by atoms with Crippen LogP contribution in [0.5, 0.6) is 11.6 Å². The predicted octanol–water partition coefficient (Wildman–Crippen LogP) is 4.95. The van der Waals surface area contributed by atoms with Crippen LogP contribution < -0.4 is 10.1 Å². The number of amides is 1. The van der Waals surface area contributed by atoms with Crippen molar-refractivity contribution in [2.45, 2.75) is 26.4 Å². The second kappa shape index (κ2) is 10.2. The summed E-state index contributed by atoms with van der Waals surface area (Å²) in [5.74, 6) is 1.08. The molecular formula is C24H22FN5O2S. The summed E-state index contributed by atoms with van der Waals surface area (Å²) in [4.78, 5) is 16.6. The Morgan fingerprint density at radius 1 is 1.18 bits per heavy atom. The topological polar surface area (TPSA) is 84.8 Å². The maximum atomic E-state index is 13.0. The number of hydrogen-bond donors (Lipinski definition) is 2. The number of rotatable bonds is 8. The van der Waals surface area contributed by atoms with E-state index in [1.54, 1.807) is 18.3 Å². The van der Waals surface area contributed by atoms with Gasteiger partial charge in [0.15, 0.2) is 10.6 Å². The SMILES string of the molecule is Cc1cccc(-c2n[nH]c(=S)n2CCC(=O)NCc2ccnc(Oc3ccc(F)cc3)c2)c1. The van der Waals surface area contributed by atoms with Crippen LogP contribution in [-0.4, -0.2) is 25.7 Å². The van der Waals surface area contributed by atoms with Gasteiger partial charge in [0.1, 0.15) is 11.6 Å². The van der Waals surface area contributed by atoms with Gasteiger partial charge >= 0.3 is 0 Å². The fourth-order valence-corrected chi connectivity index (χ4v) is 3.50. The molecule has 4 rings (SSSR count). The minimum Gasteiger partial charge on any atom is -0.439 e. The molecule has 2 heterocycles. The first-order chi connectivity index (χ1) is 16.0. The largest absolute Gasteiger partial charge is 0.439 e. The van der Waals surface area contributed by atoms with E-state index in [-0.39, 0.29) is 18.1 Å². The van der Waals surface area contributed by atoms with Crippen LogP contribution in [0.2, 0.25) is 0 Å². The highest BCUT2D eigenvalue weighted by molar-refractivity contribution is 7.71. The van der Waals surface area contributed by atoms with Crippen LogP contribution in [-0.2, 0) is 17.9 Å². The van der Waals surface area contributed by atoms with E-state index < -0.39 is 0 Å². The quantitative estimate of drug-likeness (QED) is 0.361. The highest BCUT2D eigenvalue weighted by Gasteiger charge is 2.11. The first-order valence-corrected chi connectivity index (χ1v) is 10.8. The van der Waals surface area contributed by atoms with Gasteiger partial charge in [-0.3, -0.25) is 14.5 Å². The Balaban J connectivity index is 1.34. The number of hydrogen-bond acceptors (Lipinski definition) is 5. The van der Waals surface area contributed by atoms with Crippen LogP contribution in [0, 0.1) is 17.5 Å². The number of pyridine rings is 1. The molecule has 2 N–H and O–H groups in total. The number of carbonyl (C=O) groups is 1. The molecule has 2 aromatic heterocycles. The molecule has 33 heavy (non-hydrogen) atoms. The standard InChI is InChI=1S/C24H22FN5O2S/c1-16-3-2-4-18(13-16)23-28-29-24(33)30(23)12-10-21(31)27-15-17-9-11-26-22(14-17)32-20-7-5-19(25)6-8-20/h2-9,11,13-14H,10,12,15H2,1H3,(H,27,31)(H,29,33). The lowest BCUT2D eigenvalue weighted by atomic mass is 10.1. The third-order valence-corrected chi connectivity index (χ3v) is 5.23. The second-order valence-corrected chi connectivity index (χ2v) is 7.85. The number of aromatic amines is 1. The number of ether oxygens (including phenoxy) is 1. The second-order valence-electron chi connectivity index (χ2n) is 7.46. The average molecular weight is 464 g/mol. The van der Waals surface area contributed by atoms with Crippen molar-refractivity contribution in [3.8, 4) is 23.0 Å². The smallest absolute Gasteiger partial charge is 0.222 e. The average Bonchev–Trinajstić information content (AvgIpc) is 3.18. The van der Waals surface area contributed by atoms with E-state index in [4.69, 9.17) is 17.0 Å². The Hall–Kier alpha value is -3.85. The zero-order valence-corrected chi connectivity index (χ0v) is 18.7. The maximum absolute atomic E-state index is 13.0. The number of nitrogens with one attached hydrogen (secondary N) is 2. The first kappa shape index (κ1) is 22.3. The minimum absolute atomic E-state index is 0.119. The number of halogens is 1. The zero-order chi connectivity index (χ0) is 23.2. The van der Waals surface area contributed by atoms with Gasteiger partial charge in [0, 0.05) is 37.3 Å². The van der Waals surface area contributed by atoms with Gasteiger partial charge in [-0.15, -0.1) is 0 Å². The van der Waals surface area contributed by atoms with Gasteiger partial charge in [-0.2, -0.15) is 5.10 Å². The summed E-state index contributed by atoms with van der Waals surface area (Å²) < 4.78 is 21.0. The number of benzene rings is 2. The van der Waals surface area contributed by atoms with Crippen LogP contribution in [0.15, 0.2) is 66.9 Å². The van der Waals surface area contributed by atoms with Crippen LogP contribution in [0.1, 0.15) is 17.5 Å². The molecule has 4 aromatic rings. The lowest BCUT2D eigenvalue weighted by Gasteiger charge is -2.09. The molecule has 0 spiro atoms. The van der Waals surface area contributed by atoms with E-state index in [2.05, 4.69) is 20.5 Å². The Labute approximate surface area is 195 Å². The number of carbonyl (C=O) groups excluding carboxylic acids is 1. The maximum Gasteiger partial charge on any atom is 0.222 e. The van der Waals surface area contributed by atoms with Crippen LogP contribution >= 0.6 is 12.2 Å². The summed E-state index contributed by atoms with van der Waals surface area (Å²) in [5.41, 5.74) is 2.88. The van der Waals surface area contributed by atoms with Gasteiger partial charge in [-0.1, -0.05) is 23.8 Å². The molecule has 0 radical (unpaired) electrons. The van der Waals surface area contributed by atoms with E-state index in [0.717, 1.165) is 16.7 Å². The summed E-state index contributed by atoms with van der Waals surface area (Å²) in [6.07, 6.45) is 1.84. The van der Waals surface area contributed by atoms with Gasteiger partial charge < -0.3 is 10.1 Å². The number of H-pyrrole nitrogens is 1. The fourth-order valence-electron chi connectivity index (χ4n) is 3.27. The predicted molar refractivity (Wildman–Crippen MR) is 125 cm³/mol. The summed E-state index contributed by atoms with van der Waals surface area (Å²) in [5, 5.41) is 10.0. The molecule has 0 saturated heterocycles. The number of aryl methyl sites for hydroxylation is 1. The molecule has 0 aliphatic heterocycles. The van der Waals surface area contributed by atoms with Gasteiger partial charge in [-0.25, -0.2) is 9.37 Å². The lowest BCUT2D eigenvalue weighted by Crippen LogP contribution is -2.24. The number of aromatic nitrogens is 4. The van der Waals surface area contributed by atoms with Crippen molar-refractivity contribution in [1.82, 2.24) is 25.1 Å². The molecule has 0 fully saturated rings. The Morgan fingerprint density at radius 2 is 2.00 bits per heavy atom. The summed E-state index contributed by atoms with van der Waals surface area (Å²) >= 11 is 5.35. The minimum atomic E-state index is -0.338. The molecule has 0 unspecified atom stereocenters. The fraction of sp³-hybridized carbons (Fsp3) is 0.167. The molecule has 0 atom stereocenters. The Morgan fingerprint density at radius 3 is 2.79 bits per heavy atom. The van der Waals surface area contributed by atoms with Crippen molar-refractivity contribution in [3.63, 3.8) is 0 Å². The number of nitrogens with zero attached hydrogens (tertiary/aromatic N) is 3. The molecule has 9 heteroatoms. The first-order valence-electron chi connectivity index (χ1n) is 10.4. The van der Waals surface area contributed by atoms with Crippen LogP contribution in [0.3, 0.4) is 0 Å². The van der Waals surface area contributed by atoms with Gasteiger partial charge in [-0.05, 0) is 61.1 Å². The van der Waals surface area contributed by atoms with E-state index >= 15 is 0 Å². The van der Waals surface area contributed by atoms with Crippen molar-refractivity contribution in [2.75, 3.05) is 0 Å². The molecule has 0 bridgehead atoms. The van der Waals surface area contributed by atoms with Crippen LogP contribution in [0.25, 0.3) is 11.4 Å². The van der Waals surface area contributed by atoms with Crippen LogP contribution in [0.4, 0.5) is 4.39 Å². The van der Waals surface area contributed by atoms with Crippen molar-refractivity contribution >= 4 is 18.1 Å². The van der Waals surface area contributed by atoms with Crippen molar-refractivity contribution in [2.24, 2.45) is 0 Å². The monoisotopic (exact) mass is 463 g/mol. The zero-order valence-electron chi connectivity index (χ0n) is 17.9. The third kappa shape index (κ3) is 5.89. The highest BCUT2D eigenvalue weighted by Crippen LogP contribution is 2.21. The van der Waals surface area contributed by atoms with E-state index in [0.29, 0.717) is 35.3 Å². The lowest BCUT2D eigenvalue weighted by molar-refractivity contribution is -0.121.